The number of carbonyl (C=O) groups excluding carboxylic acids is 1. The Balaban J connectivity index is 2.47. The van der Waals surface area contributed by atoms with Crippen LogP contribution < -0.4 is 0 Å². The summed E-state index contributed by atoms with van der Waals surface area (Å²) in [5, 5.41) is 17.1. The Hall–Kier alpha value is -1.91. The molecule has 1 N–H and O–H groups in total. The van der Waals surface area contributed by atoms with Gasteiger partial charge in [-0.2, -0.15) is 5.26 Å². The molecule has 20 heavy (non-hydrogen) atoms. The number of amides is 1. The maximum absolute atomic E-state index is 11.8. The summed E-state index contributed by atoms with van der Waals surface area (Å²) in [7, 11) is 0. The monoisotopic (exact) mass is 281 g/mol. The maximum Gasteiger partial charge on any atom is 0.328 e. The van der Waals surface area contributed by atoms with Crippen LogP contribution in [0.25, 0.3) is 0 Å². The molecule has 0 aromatic carbocycles. The number of carbonyl (C=O) groups is 2. The summed E-state index contributed by atoms with van der Waals surface area (Å²) in [5.41, 5.74) is 0. The van der Waals surface area contributed by atoms with E-state index in [4.69, 9.17) is 15.1 Å². The lowest BCUT2D eigenvalue weighted by atomic mass is 10.3. The molecular weight excluding hydrogens is 262 g/mol. The highest BCUT2D eigenvalue weighted by atomic mass is 16.5. The fourth-order valence-electron chi connectivity index (χ4n) is 1.85. The van der Waals surface area contributed by atoms with E-state index in [9.17, 15) is 9.59 Å². The minimum absolute atomic E-state index is 0.232. The Morgan fingerprint density at radius 2 is 2.00 bits per heavy atom. The molecule has 0 aromatic heterocycles. The van der Waals surface area contributed by atoms with Crippen LogP contribution in [0, 0.1) is 11.3 Å². The minimum Gasteiger partial charge on any atom is -0.478 e. The SMILES string of the molecule is N#CCCN(CCN1CCOCC1)C(=O)/C=C/C(=O)O. The Morgan fingerprint density at radius 1 is 1.30 bits per heavy atom. The average molecular weight is 281 g/mol. The van der Waals surface area contributed by atoms with E-state index in [1.54, 1.807) is 0 Å². The van der Waals surface area contributed by atoms with E-state index < -0.39 is 5.97 Å². The number of ether oxygens (including phenoxy) is 1. The lowest BCUT2D eigenvalue weighted by Gasteiger charge is -2.29. The number of hydrogen-bond donors (Lipinski definition) is 1. The second-order valence-electron chi connectivity index (χ2n) is 4.36. The Kier molecular flexibility index (Phi) is 7.32. The third-order valence-corrected chi connectivity index (χ3v) is 2.96. The highest BCUT2D eigenvalue weighted by molar-refractivity contribution is 5.93. The molecule has 7 heteroatoms. The summed E-state index contributed by atoms with van der Waals surface area (Å²) >= 11 is 0. The number of nitrogens with zero attached hydrogens (tertiary/aromatic N) is 3. The van der Waals surface area contributed by atoms with Gasteiger partial charge in [-0.3, -0.25) is 9.69 Å². The Bertz CT molecular complexity index is 397. The summed E-state index contributed by atoms with van der Waals surface area (Å²) in [4.78, 5) is 25.9. The van der Waals surface area contributed by atoms with E-state index in [0.717, 1.165) is 25.2 Å². The quantitative estimate of drug-likeness (QED) is 0.644. The average Bonchev–Trinajstić information content (AvgIpc) is 2.46. The van der Waals surface area contributed by atoms with Crippen LogP contribution in [-0.4, -0.2) is 72.7 Å². The number of aliphatic carboxylic acids is 1. The van der Waals surface area contributed by atoms with Crippen molar-refractivity contribution >= 4 is 11.9 Å². The van der Waals surface area contributed by atoms with E-state index in [1.165, 1.54) is 4.90 Å². The molecule has 0 bridgehead atoms. The predicted molar refractivity (Wildman–Crippen MR) is 70.8 cm³/mol. The molecule has 0 unspecified atom stereocenters. The second kappa shape index (κ2) is 9.07. The number of rotatable bonds is 7. The molecule has 1 aliphatic heterocycles. The predicted octanol–water partition coefficient (Wildman–Crippen LogP) is -0.298. The molecule has 0 saturated carbocycles. The van der Waals surface area contributed by atoms with Gasteiger partial charge in [0.25, 0.3) is 0 Å². The molecule has 1 fully saturated rings. The fourth-order valence-corrected chi connectivity index (χ4v) is 1.85. The summed E-state index contributed by atoms with van der Waals surface area (Å²) in [5.74, 6) is -1.54. The van der Waals surface area contributed by atoms with Gasteiger partial charge < -0.3 is 14.7 Å². The highest BCUT2D eigenvalue weighted by Crippen LogP contribution is 2.00. The first-order valence-electron chi connectivity index (χ1n) is 6.50. The number of carboxylic acids is 1. The van der Waals surface area contributed by atoms with Gasteiger partial charge in [-0.05, 0) is 0 Å². The van der Waals surface area contributed by atoms with Crippen LogP contribution in [0.4, 0.5) is 0 Å². The third-order valence-electron chi connectivity index (χ3n) is 2.96. The first-order valence-corrected chi connectivity index (χ1v) is 6.50. The molecule has 0 aliphatic carbocycles. The Morgan fingerprint density at radius 3 is 2.60 bits per heavy atom. The van der Waals surface area contributed by atoms with Gasteiger partial charge >= 0.3 is 5.97 Å². The zero-order valence-electron chi connectivity index (χ0n) is 11.3. The van der Waals surface area contributed by atoms with Gasteiger partial charge in [0.1, 0.15) is 0 Å². The van der Waals surface area contributed by atoms with E-state index in [-0.39, 0.29) is 12.3 Å². The third kappa shape index (κ3) is 6.31. The van der Waals surface area contributed by atoms with Crippen molar-refractivity contribution in [3.05, 3.63) is 12.2 Å². The molecule has 1 rings (SSSR count). The number of nitriles is 1. The lowest BCUT2D eigenvalue weighted by molar-refractivity contribution is -0.132. The van der Waals surface area contributed by atoms with Crippen molar-refractivity contribution in [3.63, 3.8) is 0 Å². The smallest absolute Gasteiger partial charge is 0.328 e. The maximum atomic E-state index is 11.8. The van der Waals surface area contributed by atoms with Crippen molar-refractivity contribution < 1.29 is 19.4 Å². The van der Waals surface area contributed by atoms with Crippen molar-refractivity contribution in [3.8, 4) is 6.07 Å². The molecule has 110 valence electrons. The normalized spacial score (nSPS) is 15.9. The summed E-state index contributed by atoms with van der Waals surface area (Å²) in [6.45, 7) is 4.50. The van der Waals surface area contributed by atoms with Gasteiger partial charge in [-0.15, -0.1) is 0 Å². The van der Waals surface area contributed by atoms with E-state index >= 15 is 0 Å². The molecule has 1 heterocycles. The molecule has 0 atom stereocenters. The first-order chi connectivity index (χ1) is 9.63. The van der Waals surface area contributed by atoms with Gasteiger partial charge in [0.05, 0.1) is 25.7 Å². The molecule has 0 radical (unpaired) electrons. The largest absolute Gasteiger partial charge is 0.478 e. The highest BCUT2D eigenvalue weighted by Gasteiger charge is 2.15. The Labute approximate surface area is 118 Å². The van der Waals surface area contributed by atoms with Gasteiger partial charge in [0.15, 0.2) is 0 Å². The zero-order chi connectivity index (χ0) is 14.8. The molecular formula is C13H19N3O4. The molecule has 0 spiro atoms. The molecule has 0 aromatic rings. The van der Waals surface area contributed by atoms with Crippen LogP contribution >= 0.6 is 0 Å². The molecule has 1 amide bonds. The minimum atomic E-state index is -1.16. The second-order valence-corrected chi connectivity index (χ2v) is 4.36. The molecule has 7 nitrogen and oxygen atoms in total. The standard InChI is InChI=1S/C13H19N3O4/c14-4-1-5-16(12(17)2-3-13(18)19)7-6-15-8-10-20-11-9-15/h2-3H,1,5-11H2,(H,18,19)/b3-2+. The van der Waals surface area contributed by atoms with Crippen LogP contribution in [0.15, 0.2) is 12.2 Å². The van der Waals surface area contributed by atoms with Gasteiger partial charge in [-0.25, -0.2) is 4.79 Å². The van der Waals surface area contributed by atoms with Crippen LogP contribution in [0.3, 0.4) is 0 Å². The first kappa shape index (κ1) is 16.1. The van der Waals surface area contributed by atoms with Gasteiger partial charge in [-0.1, -0.05) is 0 Å². The summed E-state index contributed by atoms with van der Waals surface area (Å²) in [6, 6.07) is 1.99. The molecule has 1 saturated heterocycles. The number of carboxylic acid groups (broad SMARTS) is 1. The van der Waals surface area contributed by atoms with E-state index in [2.05, 4.69) is 4.90 Å². The van der Waals surface area contributed by atoms with Crippen molar-refractivity contribution in [2.75, 3.05) is 45.9 Å². The number of morpholine rings is 1. The summed E-state index contributed by atoms with van der Waals surface area (Å²) in [6.07, 6.45) is 2.07. The van der Waals surface area contributed by atoms with Crippen LogP contribution in [0.1, 0.15) is 6.42 Å². The van der Waals surface area contributed by atoms with Gasteiger partial charge in [0.2, 0.25) is 5.91 Å². The van der Waals surface area contributed by atoms with Crippen LogP contribution in [0.5, 0.6) is 0 Å². The zero-order valence-corrected chi connectivity index (χ0v) is 11.3. The van der Waals surface area contributed by atoms with Crippen molar-refractivity contribution in [2.24, 2.45) is 0 Å². The lowest BCUT2D eigenvalue weighted by Crippen LogP contribution is -2.43. The summed E-state index contributed by atoms with van der Waals surface area (Å²) < 4.78 is 5.24. The van der Waals surface area contributed by atoms with Crippen molar-refractivity contribution in [1.82, 2.24) is 9.80 Å². The van der Waals surface area contributed by atoms with E-state index in [0.29, 0.717) is 32.8 Å². The van der Waals surface area contributed by atoms with Crippen LogP contribution in [-0.2, 0) is 14.3 Å². The molecule has 1 aliphatic rings. The van der Waals surface area contributed by atoms with Crippen molar-refractivity contribution in [2.45, 2.75) is 6.42 Å². The number of hydrogen-bond acceptors (Lipinski definition) is 5. The van der Waals surface area contributed by atoms with E-state index in [1.807, 2.05) is 6.07 Å². The van der Waals surface area contributed by atoms with Crippen LogP contribution in [0.2, 0.25) is 0 Å². The van der Waals surface area contributed by atoms with Crippen molar-refractivity contribution in [1.29, 1.82) is 5.26 Å². The topological polar surface area (TPSA) is 93.9 Å². The fraction of sp³-hybridized carbons (Fsp3) is 0.615. The van der Waals surface area contributed by atoms with Gasteiger partial charge in [0, 0.05) is 44.9 Å².